The van der Waals surface area contributed by atoms with Gasteiger partial charge in [0.25, 0.3) is 0 Å². The van der Waals surface area contributed by atoms with Gasteiger partial charge in [0, 0.05) is 21.5 Å². The molecule has 0 aliphatic rings. The molecule has 102 valence electrons. The number of H-pyrrole nitrogens is 1. The molecule has 21 heavy (non-hydrogen) atoms. The molecule has 5 nitrogen and oxygen atoms in total. The van der Waals surface area contributed by atoms with Crippen molar-refractivity contribution in [3.63, 3.8) is 0 Å². The summed E-state index contributed by atoms with van der Waals surface area (Å²) in [5, 5.41) is 6.80. The normalized spacial score (nSPS) is 11.1. The second-order valence-corrected chi connectivity index (χ2v) is 5.62. The van der Waals surface area contributed by atoms with Gasteiger partial charge in [0.05, 0.1) is 11.9 Å². The Balaban J connectivity index is 1.90. The molecule has 0 fully saturated rings. The Morgan fingerprint density at radius 3 is 2.90 bits per heavy atom. The van der Waals surface area contributed by atoms with Crippen LogP contribution in [0.25, 0.3) is 33.5 Å². The van der Waals surface area contributed by atoms with E-state index in [0.29, 0.717) is 0 Å². The van der Waals surface area contributed by atoms with E-state index in [0.717, 1.165) is 37.1 Å². The van der Waals surface area contributed by atoms with Crippen LogP contribution in [0, 0.1) is 3.57 Å². The minimum absolute atomic E-state index is 0.782. The number of pyridine rings is 1. The SMILES string of the molecule is Ic1c(-c2ccc3ncoc3c2)ccnc1-c1cn[nH]c1. The van der Waals surface area contributed by atoms with Crippen molar-refractivity contribution in [1.82, 2.24) is 20.2 Å². The fraction of sp³-hybridized carbons (Fsp3) is 0. The minimum atomic E-state index is 0.782. The molecule has 6 heteroatoms. The Morgan fingerprint density at radius 1 is 1.10 bits per heavy atom. The van der Waals surface area contributed by atoms with Gasteiger partial charge in [-0.2, -0.15) is 5.10 Å². The van der Waals surface area contributed by atoms with Crippen LogP contribution in [0.3, 0.4) is 0 Å². The molecule has 1 aromatic carbocycles. The highest BCUT2D eigenvalue weighted by molar-refractivity contribution is 14.1. The first-order valence-corrected chi connectivity index (χ1v) is 7.38. The predicted molar refractivity (Wildman–Crippen MR) is 87.5 cm³/mol. The third-order valence-electron chi connectivity index (χ3n) is 3.30. The van der Waals surface area contributed by atoms with Crippen molar-refractivity contribution in [2.45, 2.75) is 0 Å². The van der Waals surface area contributed by atoms with Gasteiger partial charge in [-0.25, -0.2) is 4.98 Å². The average Bonchev–Trinajstić information content (AvgIpc) is 3.18. The van der Waals surface area contributed by atoms with Gasteiger partial charge >= 0.3 is 0 Å². The summed E-state index contributed by atoms with van der Waals surface area (Å²) in [5.74, 6) is 0. The van der Waals surface area contributed by atoms with E-state index < -0.39 is 0 Å². The van der Waals surface area contributed by atoms with Crippen LogP contribution in [-0.2, 0) is 0 Å². The van der Waals surface area contributed by atoms with Crippen LogP contribution in [0.15, 0.2) is 53.7 Å². The van der Waals surface area contributed by atoms with E-state index in [-0.39, 0.29) is 0 Å². The Morgan fingerprint density at radius 2 is 2.05 bits per heavy atom. The third-order valence-corrected chi connectivity index (χ3v) is 4.40. The molecule has 0 spiro atoms. The summed E-state index contributed by atoms with van der Waals surface area (Å²) in [4.78, 5) is 8.60. The van der Waals surface area contributed by atoms with Crippen LogP contribution < -0.4 is 0 Å². The molecule has 0 radical (unpaired) electrons. The van der Waals surface area contributed by atoms with Gasteiger partial charge in [0.2, 0.25) is 0 Å². The molecule has 0 aliphatic carbocycles. The highest BCUT2D eigenvalue weighted by Crippen LogP contribution is 2.32. The van der Waals surface area contributed by atoms with Crippen molar-refractivity contribution < 1.29 is 4.42 Å². The number of hydrogen-bond acceptors (Lipinski definition) is 4. The van der Waals surface area contributed by atoms with Gasteiger partial charge in [-0.05, 0) is 51.9 Å². The molecule has 1 N–H and O–H groups in total. The summed E-state index contributed by atoms with van der Waals surface area (Å²) in [6, 6.07) is 8.01. The second-order valence-electron chi connectivity index (χ2n) is 4.54. The van der Waals surface area contributed by atoms with Crippen LogP contribution in [0.2, 0.25) is 0 Å². The lowest BCUT2D eigenvalue weighted by Gasteiger charge is -2.08. The fourth-order valence-electron chi connectivity index (χ4n) is 2.27. The molecule has 3 heterocycles. The van der Waals surface area contributed by atoms with E-state index in [4.69, 9.17) is 4.42 Å². The zero-order valence-corrected chi connectivity index (χ0v) is 12.9. The lowest BCUT2D eigenvalue weighted by molar-refractivity contribution is 0.602. The zero-order valence-electron chi connectivity index (χ0n) is 10.7. The van der Waals surface area contributed by atoms with Gasteiger partial charge in [-0.15, -0.1) is 0 Å². The first-order valence-electron chi connectivity index (χ1n) is 6.30. The van der Waals surface area contributed by atoms with E-state index in [1.165, 1.54) is 6.39 Å². The number of fused-ring (bicyclic) bond motifs is 1. The number of aromatic amines is 1. The quantitative estimate of drug-likeness (QED) is 0.530. The molecule has 0 saturated heterocycles. The van der Waals surface area contributed by atoms with Gasteiger partial charge < -0.3 is 4.42 Å². The van der Waals surface area contributed by atoms with Crippen molar-refractivity contribution in [1.29, 1.82) is 0 Å². The Hall–Kier alpha value is -2.22. The van der Waals surface area contributed by atoms with Crippen molar-refractivity contribution >= 4 is 33.7 Å². The van der Waals surface area contributed by atoms with Crippen molar-refractivity contribution in [3.8, 4) is 22.4 Å². The van der Waals surface area contributed by atoms with Gasteiger partial charge in [-0.1, -0.05) is 6.07 Å². The van der Waals surface area contributed by atoms with E-state index in [9.17, 15) is 0 Å². The summed E-state index contributed by atoms with van der Waals surface area (Å²) in [5.41, 5.74) is 5.72. The molecule has 3 aromatic heterocycles. The number of halogens is 1. The maximum absolute atomic E-state index is 5.38. The zero-order chi connectivity index (χ0) is 14.2. The monoisotopic (exact) mass is 388 g/mol. The van der Waals surface area contributed by atoms with E-state index in [1.807, 2.05) is 36.7 Å². The largest absolute Gasteiger partial charge is 0.443 e. The summed E-state index contributed by atoms with van der Waals surface area (Å²) >= 11 is 2.32. The molecule has 0 atom stereocenters. The maximum atomic E-state index is 5.38. The smallest absolute Gasteiger partial charge is 0.181 e. The Labute approximate surface area is 133 Å². The molecule has 0 unspecified atom stereocenters. The van der Waals surface area contributed by atoms with Crippen molar-refractivity contribution in [2.75, 3.05) is 0 Å². The summed E-state index contributed by atoms with van der Waals surface area (Å²) in [6.07, 6.45) is 6.88. The molecule has 4 rings (SSSR count). The molecule has 4 aromatic rings. The van der Waals surface area contributed by atoms with Crippen molar-refractivity contribution in [2.24, 2.45) is 0 Å². The Kier molecular flexibility index (Phi) is 2.95. The lowest BCUT2D eigenvalue weighted by atomic mass is 10.0. The first-order chi connectivity index (χ1) is 10.3. The predicted octanol–water partition coefficient (Wildman–Crippen LogP) is 3.88. The maximum Gasteiger partial charge on any atom is 0.181 e. The summed E-state index contributed by atoms with van der Waals surface area (Å²) < 4.78 is 6.46. The summed E-state index contributed by atoms with van der Waals surface area (Å²) in [7, 11) is 0. The van der Waals surface area contributed by atoms with Crippen LogP contribution in [-0.4, -0.2) is 20.2 Å². The van der Waals surface area contributed by atoms with Gasteiger partial charge in [-0.3, -0.25) is 10.1 Å². The van der Waals surface area contributed by atoms with E-state index in [1.54, 1.807) is 6.20 Å². The minimum Gasteiger partial charge on any atom is -0.443 e. The molecule has 0 amide bonds. The number of benzene rings is 1. The summed E-state index contributed by atoms with van der Waals surface area (Å²) in [6.45, 7) is 0. The number of nitrogens with zero attached hydrogens (tertiary/aromatic N) is 3. The molecule has 0 saturated carbocycles. The standard InChI is InChI=1S/C15H9IN4O/c16-14-11(3-4-17-15(14)10-6-19-20-7-10)9-1-2-12-13(5-9)21-8-18-12/h1-8H,(H,19,20). The number of oxazole rings is 1. The Bertz CT molecular complexity index is 914. The highest BCUT2D eigenvalue weighted by Gasteiger charge is 2.12. The van der Waals surface area contributed by atoms with Gasteiger partial charge in [0.1, 0.15) is 5.52 Å². The number of hydrogen-bond donors (Lipinski definition) is 1. The van der Waals surface area contributed by atoms with Gasteiger partial charge in [0.15, 0.2) is 12.0 Å². The van der Waals surface area contributed by atoms with E-state index >= 15 is 0 Å². The van der Waals surface area contributed by atoms with E-state index in [2.05, 4.69) is 42.8 Å². The molecular formula is C15H9IN4O. The molecular weight excluding hydrogens is 379 g/mol. The average molecular weight is 388 g/mol. The third kappa shape index (κ3) is 2.11. The van der Waals surface area contributed by atoms with Crippen LogP contribution >= 0.6 is 22.6 Å². The lowest BCUT2D eigenvalue weighted by Crippen LogP contribution is -1.91. The second kappa shape index (κ2) is 4.96. The number of rotatable bonds is 2. The van der Waals surface area contributed by atoms with Crippen molar-refractivity contribution in [3.05, 3.63) is 52.8 Å². The molecule has 0 aliphatic heterocycles. The highest BCUT2D eigenvalue weighted by atomic mass is 127. The first kappa shape index (κ1) is 12.5. The van der Waals surface area contributed by atoms with Crippen LogP contribution in [0.5, 0.6) is 0 Å². The fourth-order valence-corrected chi connectivity index (χ4v) is 3.21. The van der Waals surface area contributed by atoms with Crippen LogP contribution in [0.4, 0.5) is 0 Å². The number of aromatic nitrogens is 4. The van der Waals surface area contributed by atoms with Crippen LogP contribution in [0.1, 0.15) is 0 Å². The number of nitrogens with one attached hydrogen (secondary N) is 1. The topological polar surface area (TPSA) is 67.6 Å². The molecule has 0 bridgehead atoms.